The molecule has 44 heavy (non-hydrogen) atoms. The van der Waals surface area contributed by atoms with Crippen molar-refractivity contribution in [3.63, 3.8) is 0 Å². The predicted molar refractivity (Wildman–Crippen MR) is 195 cm³/mol. The molecule has 0 aliphatic carbocycles. The van der Waals surface area contributed by atoms with Crippen LogP contribution >= 0.6 is 0 Å². The average Bonchev–Trinajstić information content (AvgIpc) is 3.02. The monoisotopic (exact) mass is 617 g/mol. The van der Waals surface area contributed by atoms with Crippen LogP contribution in [0.1, 0.15) is 194 Å². The Hall–Kier alpha value is -1.48. The first-order valence-electron chi connectivity index (χ1n) is 19.2. The van der Waals surface area contributed by atoms with E-state index in [-0.39, 0.29) is 12.7 Å². The van der Waals surface area contributed by atoms with Crippen LogP contribution in [0.15, 0.2) is 49.0 Å². The van der Waals surface area contributed by atoms with Crippen LogP contribution in [-0.4, -0.2) is 24.4 Å². The molecule has 0 aromatic rings. The second kappa shape index (κ2) is 36.0. The van der Waals surface area contributed by atoms with Crippen LogP contribution in [0.4, 0.5) is 0 Å². The van der Waals surface area contributed by atoms with Gasteiger partial charge in [0.25, 0.3) is 0 Å². The molecule has 0 aromatic carbocycles. The summed E-state index contributed by atoms with van der Waals surface area (Å²) >= 11 is 0. The Kier molecular flexibility index (Phi) is 34.8. The van der Waals surface area contributed by atoms with Crippen LogP contribution < -0.4 is 0 Å². The van der Waals surface area contributed by atoms with Gasteiger partial charge in [-0.3, -0.25) is 0 Å². The summed E-state index contributed by atoms with van der Waals surface area (Å²) in [5.41, 5.74) is 0. The molecule has 0 rings (SSSR count). The van der Waals surface area contributed by atoms with Crippen molar-refractivity contribution in [3.8, 4) is 0 Å². The third-order valence-electron chi connectivity index (χ3n) is 8.45. The van der Waals surface area contributed by atoms with Crippen LogP contribution in [-0.2, 0) is 9.47 Å². The summed E-state index contributed by atoms with van der Waals surface area (Å²) in [4.78, 5) is 0. The fraction of sp³-hybridized carbons (Fsp3) is 0.805. The smallest absolute Gasteiger partial charge is 0.155 e. The van der Waals surface area contributed by atoms with E-state index in [1.807, 2.05) is 0 Å². The van der Waals surface area contributed by atoms with Crippen LogP contribution in [0.5, 0.6) is 0 Å². The summed E-state index contributed by atoms with van der Waals surface area (Å²) in [6.07, 6.45) is 44.7. The highest BCUT2D eigenvalue weighted by molar-refractivity contribution is 4.86. The second-order valence-corrected chi connectivity index (χ2v) is 13.0. The summed E-state index contributed by atoms with van der Waals surface area (Å²) in [5.74, 6) is 1.56. The highest BCUT2D eigenvalue weighted by Gasteiger charge is 2.11. The van der Waals surface area contributed by atoms with Crippen molar-refractivity contribution in [2.45, 2.75) is 200 Å². The van der Waals surface area contributed by atoms with Crippen molar-refractivity contribution < 1.29 is 14.6 Å². The third kappa shape index (κ3) is 33.4. The number of aliphatic hydroxyl groups is 1. The molecule has 258 valence electrons. The molecule has 0 saturated heterocycles. The molecule has 0 heterocycles. The molecule has 0 aliphatic rings. The van der Waals surface area contributed by atoms with Crippen LogP contribution in [0, 0.1) is 0 Å². The van der Waals surface area contributed by atoms with Crippen molar-refractivity contribution in [2.24, 2.45) is 0 Å². The molecule has 0 saturated carbocycles. The van der Waals surface area contributed by atoms with Crippen LogP contribution in [0.25, 0.3) is 0 Å². The lowest BCUT2D eigenvalue weighted by atomic mass is 10.1. The van der Waals surface area contributed by atoms with E-state index in [1.165, 1.54) is 154 Å². The average molecular weight is 617 g/mol. The quantitative estimate of drug-likeness (QED) is 0.0432. The molecule has 3 heteroatoms. The van der Waals surface area contributed by atoms with Crippen molar-refractivity contribution >= 4 is 0 Å². The SMILES string of the molecule is C=C(CCCCCCC/C=C\CCCCCCCC)OC[C@H](CO)OC(=C)CCCCCCC/C=C\CCCCCCCC. The molecule has 0 amide bonds. The van der Waals surface area contributed by atoms with E-state index in [0.717, 1.165) is 37.2 Å². The van der Waals surface area contributed by atoms with E-state index < -0.39 is 0 Å². The molecule has 1 atom stereocenters. The molecule has 0 fully saturated rings. The van der Waals surface area contributed by atoms with Gasteiger partial charge in [-0.25, -0.2) is 0 Å². The Bertz CT molecular complexity index is 665. The maximum atomic E-state index is 9.72. The molecule has 0 spiro atoms. The van der Waals surface area contributed by atoms with Gasteiger partial charge in [0.1, 0.15) is 6.61 Å². The van der Waals surface area contributed by atoms with Gasteiger partial charge in [-0.05, 0) is 64.2 Å². The van der Waals surface area contributed by atoms with Crippen molar-refractivity contribution in [1.82, 2.24) is 0 Å². The number of rotatable bonds is 36. The van der Waals surface area contributed by atoms with Gasteiger partial charge in [0.05, 0.1) is 18.1 Å². The Labute approximate surface area is 276 Å². The van der Waals surface area contributed by atoms with Crippen molar-refractivity contribution in [3.05, 3.63) is 49.0 Å². The minimum atomic E-state index is -0.364. The highest BCUT2D eigenvalue weighted by atomic mass is 16.5. The zero-order valence-corrected chi connectivity index (χ0v) is 29.8. The number of hydrogen-bond acceptors (Lipinski definition) is 3. The van der Waals surface area contributed by atoms with Crippen molar-refractivity contribution in [2.75, 3.05) is 13.2 Å². The summed E-state index contributed by atoms with van der Waals surface area (Å²) in [7, 11) is 0. The lowest BCUT2D eigenvalue weighted by Crippen LogP contribution is -2.23. The molecule has 0 unspecified atom stereocenters. The minimum Gasteiger partial charge on any atom is -0.495 e. The van der Waals surface area contributed by atoms with Gasteiger partial charge >= 0.3 is 0 Å². The molecule has 0 aliphatic heterocycles. The van der Waals surface area contributed by atoms with Crippen molar-refractivity contribution in [1.29, 1.82) is 0 Å². The lowest BCUT2D eigenvalue weighted by molar-refractivity contribution is 0.00208. The standard InChI is InChI=1S/C41H76O3/c1-5-7-9-11-13-15-17-19-21-23-25-27-29-31-33-35-39(3)43-38-41(37-42)44-40(4)36-34-32-30-28-26-24-22-20-18-16-14-12-10-8-6-2/h19-22,41-42H,3-18,23-38H2,1-2H3/b21-19-,22-20-/t41-/m0/s1. The zero-order chi connectivity index (χ0) is 32.2. The topological polar surface area (TPSA) is 38.7 Å². The third-order valence-corrected chi connectivity index (χ3v) is 8.45. The van der Waals surface area contributed by atoms with Gasteiger partial charge in [-0.15, -0.1) is 0 Å². The van der Waals surface area contributed by atoms with Gasteiger partial charge in [0.2, 0.25) is 0 Å². The van der Waals surface area contributed by atoms with E-state index in [0.29, 0.717) is 6.61 Å². The van der Waals surface area contributed by atoms with E-state index in [1.54, 1.807) is 0 Å². The fourth-order valence-electron chi connectivity index (χ4n) is 5.49. The van der Waals surface area contributed by atoms with Crippen LogP contribution in [0.2, 0.25) is 0 Å². The number of aliphatic hydroxyl groups excluding tert-OH is 1. The zero-order valence-electron chi connectivity index (χ0n) is 29.8. The van der Waals surface area contributed by atoms with Gasteiger partial charge < -0.3 is 14.6 Å². The summed E-state index contributed by atoms with van der Waals surface area (Å²) < 4.78 is 11.7. The molecular weight excluding hydrogens is 540 g/mol. The first kappa shape index (κ1) is 42.5. The number of hydrogen-bond donors (Lipinski definition) is 1. The fourth-order valence-corrected chi connectivity index (χ4v) is 5.49. The first-order valence-corrected chi connectivity index (χ1v) is 19.2. The molecule has 0 radical (unpaired) electrons. The highest BCUT2D eigenvalue weighted by Crippen LogP contribution is 2.16. The molecule has 1 N–H and O–H groups in total. The summed E-state index contributed by atoms with van der Waals surface area (Å²) in [6.45, 7) is 13.0. The van der Waals surface area contributed by atoms with E-state index in [4.69, 9.17) is 9.47 Å². The van der Waals surface area contributed by atoms with E-state index in [9.17, 15) is 5.11 Å². The van der Waals surface area contributed by atoms with Gasteiger partial charge in [0.15, 0.2) is 6.10 Å². The summed E-state index contributed by atoms with van der Waals surface area (Å²) in [5, 5.41) is 9.72. The number of allylic oxidation sites excluding steroid dienone is 6. The molecule has 0 bridgehead atoms. The molecule has 3 nitrogen and oxygen atoms in total. The largest absolute Gasteiger partial charge is 0.495 e. The Balaban J connectivity index is 3.58. The van der Waals surface area contributed by atoms with Gasteiger partial charge in [-0.2, -0.15) is 0 Å². The maximum Gasteiger partial charge on any atom is 0.155 e. The number of unbranched alkanes of at least 4 members (excludes halogenated alkanes) is 22. The van der Waals surface area contributed by atoms with Gasteiger partial charge in [-0.1, -0.05) is 154 Å². The first-order chi connectivity index (χ1) is 21.6. The maximum absolute atomic E-state index is 9.72. The second-order valence-electron chi connectivity index (χ2n) is 13.0. The Morgan fingerprint density at radius 2 is 0.841 bits per heavy atom. The normalized spacial score (nSPS) is 12.3. The van der Waals surface area contributed by atoms with E-state index >= 15 is 0 Å². The van der Waals surface area contributed by atoms with Gasteiger partial charge in [0, 0.05) is 12.8 Å². The Morgan fingerprint density at radius 1 is 0.500 bits per heavy atom. The van der Waals surface area contributed by atoms with E-state index in [2.05, 4.69) is 51.3 Å². The minimum absolute atomic E-state index is 0.0634. The molecule has 0 aromatic heterocycles. The number of ether oxygens (including phenoxy) is 2. The van der Waals surface area contributed by atoms with Crippen LogP contribution in [0.3, 0.4) is 0 Å². The summed E-state index contributed by atoms with van der Waals surface area (Å²) in [6, 6.07) is 0. The predicted octanol–water partition coefficient (Wildman–Crippen LogP) is 13.5. The Morgan fingerprint density at radius 3 is 1.23 bits per heavy atom. The molecular formula is C41H76O3. The lowest BCUT2D eigenvalue weighted by Gasteiger charge is -2.20.